The van der Waals surface area contributed by atoms with E-state index in [1.54, 1.807) is 6.08 Å². The molecule has 106 valence electrons. The molecule has 2 saturated carbocycles. The van der Waals surface area contributed by atoms with Gasteiger partial charge in [0.1, 0.15) is 0 Å². The van der Waals surface area contributed by atoms with Crippen LogP contribution >= 0.6 is 0 Å². The van der Waals surface area contributed by atoms with Gasteiger partial charge in [0.2, 0.25) is 5.91 Å². The summed E-state index contributed by atoms with van der Waals surface area (Å²) >= 11 is 0. The molecule has 0 unspecified atom stereocenters. The highest BCUT2D eigenvalue weighted by Gasteiger charge is 2.43. The smallest absolute Gasteiger partial charge is 0.310 e. The van der Waals surface area contributed by atoms with Crippen molar-refractivity contribution in [1.82, 2.24) is 4.90 Å². The number of rotatable bonds is 6. The van der Waals surface area contributed by atoms with Gasteiger partial charge < -0.3 is 10.0 Å². The fraction of sp³-hybridized carbons (Fsp3) is 0.733. The molecule has 2 aliphatic rings. The Morgan fingerprint density at radius 3 is 2.37 bits per heavy atom. The first-order valence-electron chi connectivity index (χ1n) is 7.23. The van der Waals surface area contributed by atoms with Crippen molar-refractivity contribution in [3.8, 4) is 0 Å². The van der Waals surface area contributed by atoms with E-state index < -0.39 is 11.4 Å². The summed E-state index contributed by atoms with van der Waals surface area (Å²) < 4.78 is 0. The number of amides is 1. The Bertz CT molecular complexity index is 368. The monoisotopic (exact) mass is 265 g/mol. The van der Waals surface area contributed by atoms with Gasteiger partial charge in [0.15, 0.2) is 0 Å². The number of carbonyl (C=O) groups excluding carboxylic acids is 1. The van der Waals surface area contributed by atoms with Crippen LogP contribution in [0.3, 0.4) is 0 Å². The number of carboxylic acids is 1. The Hall–Kier alpha value is -1.32. The molecule has 2 fully saturated rings. The van der Waals surface area contributed by atoms with Crippen molar-refractivity contribution in [2.24, 2.45) is 5.41 Å². The molecule has 2 aliphatic carbocycles. The van der Waals surface area contributed by atoms with Crippen molar-refractivity contribution < 1.29 is 14.7 Å². The van der Waals surface area contributed by atoms with Crippen LogP contribution < -0.4 is 0 Å². The minimum absolute atomic E-state index is 0.00769. The van der Waals surface area contributed by atoms with E-state index in [2.05, 4.69) is 6.58 Å². The lowest BCUT2D eigenvalue weighted by Gasteiger charge is -2.34. The zero-order chi connectivity index (χ0) is 13.9. The zero-order valence-electron chi connectivity index (χ0n) is 11.4. The van der Waals surface area contributed by atoms with E-state index in [1.807, 2.05) is 4.90 Å². The van der Waals surface area contributed by atoms with Gasteiger partial charge in [0, 0.05) is 19.0 Å². The van der Waals surface area contributed by atoms with Crippen LogP contribution in [-0.2, 0) is 9.59 Å². The fourth-order valence-electron chi connectivity index (χ4n) is 3.07. The maximum Gasteiger partial charge on any atom is 0.310 e. The topological polar surface area (TPSA) is 57.6 Å². The van der Waals surface area contributed by atoms with E-state index in [4.69, 9.17) is 0 Å². The summed E-state index contributed by atoms with van der Waals surface area (Å²) in [5.41, 5.74) is -0.816. The summed E-state index contributed by atoms with van der Waals surface area (Å²) in [6.07, 6.45) is 8.18. The predicted molar refractivity (Wildman–Crippen MR) is 72.7 cm³/mol. The molecule has 0 aromatic rings. The molecule has 0 bridgehead atoms. The summed E-state index contributed by atoms with van der Waals surface area (Å²) in [5.74, 6) is -0.804. The standard InChI is InChI=1S/C15H23NO3/c1-2-10-16(12-6-7-12)13(17)11-15(14(18)19)8-4-3-5-9-15/h2,12H,1,3-11H2,(H,18,19). The van der Waals surface area contributed by atoms with Crippen LogP contribution in [-0.4, -0.2) is 34.5 Å². The van der Waals surface area contributed by atoms with Crippen LogP contribution in [0.1, 0.15) is 51.4 Å². The normalized spacial score (nSPS) is 21.7. The quantitative estimate of drug-likeness (QED) is 0.751. The average molecular weight is 265 g/mol. The van der Waals surface area contributed by atoms with Gasteiger partial charge in [-0.2, -0.15) is 0 Å². The molecule has 0 heterocycles. The third-order valence-corrected chi connectivity index (χ3v) is 4.39. The van der Waals surface area contributed by atoms with Crippen molar-refractivity contribution in [3.05, 3.63) is 12.7 Å². The van der Waals surface area contributed by atoms with Gasteiger partial charge >= 0.3 is 5.97 Å². The molecule has 4 heteroatoms. The zero-order valence-corrected chi connectivity index (χ0v) is 11.4. The fourth-order valence-corrected chi connectivity index (χ4v) is 3.07. The van der Waals surface area contributed by atoms with Crippen molar-refractivity contribution in [2.45, 2.75) is 57.4 Å². The molecule has 0 aromatic heterocycles. The maximum atomic E-state index is 12.4. The summed E-state index contributed by atoms with van der Waals surface area (Å²) in [6, 6.07) is 0.319. The Morgan fingerprint density at radius 2 is 1.89 bits per heavy atom. The number of aliphatic carboxylic acids is 1. The van der Waals surface area contributed by atoms with E-state index in [0.717, 1.165) is 32.1 Å². The second-order valence-electron chi connectivity index (χ2n) is 5.89. The minimum Gasteiger partial charge on any atom is -0.481 e. The molecule has 4 nitrogen and oxygen atoms in total. The van der Waals surface area contributed by atoms with Gasteiger partial charge in [-0.1, -0.05) is 25.3 Å². The van der Waals surface area contributed by atoms with Gasteiger partial charge in [-0.15, -0.1) is 6.58 Å². The first-order chi connectivity index (χ1) is 9.09. The van der Waals surface area contributed by atoms with Crippen LogP contribution in [0.15, 0.2) is 12.7 Å². The lowest BCUT2D eigenvalue weighted by atomic mass is 9.71. The maximum absolute atomic E-state index is 12.4. The van der Waals surface area contributed by atoms with E-state index in [9.17, 15) is 14.7 Å². The van der Waals surface area contributed by atoms with Crippen LogP contribution in [0, 0.1) is 5.41 Å². The summed E-state index contributed by atoms with van der Waals surface area (Å²) in [7, 11) is 0. The van der Waals surface area contributed by atoms with Crippen LogP contribution in [0.2, 0.25) is 0 Å². The number of hydrogen-bond donors (Lipinski definition) is 1. The Labute approximate surface area is 114 Å². The van der Waals surface area contributed by atoms with Crippen LogP contribution in [0.4, 0.5) is 0 Å². The summed E-state index contributed by atoms with van der Waals surface area (Å²) in [5, 5.41) is 9.51. The highest BCUT2D eigenvalue weighted by molar-refractivity contribution is 5.85. The molecule has 0 radical (unpaired) electrons. The van der Waals surface area contributed by atoms with E-state index >= 15 is 0 Å². The Morgan fingerprint density at radius 1 is 1.26 bits per heavy atom. The Balaban J connectivity index is 2.05. The van der Waals surface area contributed by atoms with Gasteiger partial charge in [-0.05, 0) is 25.7 Å². The molecule has 2 rings (SSSR count). The highest BCUT2D eigenvalue weighted by atomic mass is 16.4. The molecule has 0 atom stereocenters. The van der Waals surface area contributed by atoms with Crippen molar-refractivity contribution in [3.63, 3.8) is 0 Å². The number of carbonyl (C=O) groups is 2. The van der Waals surface area contributed by atoms with E-state index in [0.29, 0.717) is 25.4 Å². The van der Waals surface area contributed by atoms with Crippen LogP contribution in [0.5, 0.6) is 0 Å². The van der Waals surface area contributed by atoms with Crippen molar-refractivity contribution >= 4 is 11.9 Å². The van der Waals surface area contributed by atoms with Crippen molar-refractivity contribution in [2.75, 3.05) is 6.54 Å². The molecular weight excluding hydrogens is 242 g/mol. The van der Waals surface area contributed by atoms with E-state index in [-0.39, 0.29) is 12.3 Å². The molecule has 0 aliphatic heterocycles. The predicted octanol–water partition coefficient (Wildman–Crippen LogP) is 2.59. The second-order valence-corrected chi connectivity index (χ2v) is 5.89. The summed E-state index contributed by atoms with van der Waals surface area (Å²) in [6.45, 7) is 4.22. The number of nitrogens with zero attached hydrogens (tertiary/aromatic N) is 1. The van der Waals surface area contributed by atoms with Gasteiger partial charge in [-0.25, -0.2) is 0 Å². The SMILES string of the molecule is C=CCN(C(=O)CC1(C(=O)O)CCCCC1)C1CC1. The largest absolute Gasteiger partial charge is 0.481 e. The minimum atomic E-state index is -0.816. The lowest BCUT2D eigenvalue weighted by Crippen LogP contribution is -2.42. The second kappa shape index (κ2) is 5.76. The molecule has 0 saturated heterocycles. The third-order valence-electron chi connectivity index (χ3n) is 4.39. The van der Waals surface area contributed by atoms with Gasteiger partial charge in [0.05, 0.1) is 5.41 Å². The average Bonchev–Trinajstić information content (AvgIpc) is 3.21. The van der Waals surface area contributed by atoms with Crippen LogP contribution in [0.25, 0.3) is 0 Å². The molecular formula is C15H23NO3. The summed E-state index contributed by atoms with van der Waals surface area (Å²) in [4.78, 5) is 25.8. The van der Waals surface area contributed by atoms with Gasteiger partial charge in [0.25, 0.3) is 0 Å². The molecule has 1 N–H and O–H groups in total. The molecule has 0 aromatic carbocycles. The van der Waals surface area contributed by atoms with Gasteiger partial charge in [-0.3, -0.25) is 9.59 Å². The van der Waals surface area contributed by atoms with E-state index in [1.165, 1.54) is 0 Å². The number of carboxylic acid groups (broad SMARTS) is 1. The molecule has 1 amide bonds. The van der Waals surface area contributed by atoms with Crippen molar-refractivity contribution in [1.29, 1.82) is 0 Å². The molecule has 19 heavy (non-hydrogen) atoms. The Kier molecular flexibility index (Phi) is 4.27. The third kappa shape index (κ3) is 3.17. The lowest BCUT2D eigenvalue weighted by molar-refractivity contribution is -0.156. The number of hydrogen-bond acceptors (Lipinski definition) is 2. The first kappa shape index (κ1) is 14.1. The first-order valence-corrected chi connectivity index (χ1v) is 7.23. The highest BCUT2D eigenvalue weighted by Crippen LogP contribution is 2.41. The molecule has 0 spiro atoms.